The molecule has 0 aliphatic heterocycles. The van der Waals surface area contributed by atoms with Gasteiger partial charge >= 0.3 is 0 Å². The predicted octanol–water partition coefficient (Wildman–Crippen LogP) is 37.2. The molecule has 0 aliphatic carbocycles. The van der Waals surface area contributed by atoms with E-state index >= 15 is 0 Å². The van der Waals surface area contributed by atoms with Crippen molar-refractivity contribution in [1.82, 2.24) is 43.6 Å². The summed E-state index contributed by atoms with van der Waals surface area (Å²) in [6.45, 7) is 0. The van der Waals surface area contributed by atoms with Gasteiger partial charge in [-0.3, -0.25) is 13.7 Å². The van der Waals surface area contributed by atoms with E-state index in [4.69, 9.17) is 29.9 Å². The van der Waals surface area contributed by atoms with Gasteiger partial charge in [-0.1, -0.05) is 406 Å². The van der Waals surface area contributed by atoms with Crippen LogP contribution in [0, 0.1) is 0 Å². The van der Waals surface area contributed by atoms with Gasteiger partial charge in [-0.25, -0.2) is 29.9 Å². The van der Waals surface area contributed by atoms with Gasteiger partial charge in [0.25, 0.3) is 0 Å². The van der Waals surface area contributed by atoms with Crippen LogP contribution in [0.2, 0.25) is 0 Å². The molecule has 12 heteroatoms. The highest BCUT2D eigenvalue weighted by atomic mass is 32.1. The van der Waals surface area contributed by atoms with Crippen molar-refractivity contribution in [1.29, 1.82) is 0 Å². The van der Waals surface area contributed by atoms with Gasteiger partial charge in [0.05, 0.1) is 80.8 Å². The highest BCUT2D eigenvalue weighted by Crippen LogP contribution is 2.54. The average molecular weight is 1910 g/mol. The van der Waals surface area contributed by atoms with Gasteiger partial charge in [0.1, 0.15) is 0 Å². The molecule has 0 bridgehead atoms. The lowest BCUT2D eigenvalue weighted by Gasteiger charge is -2.15. The fourth-order valence-corrected chi connectivity index (χ4v) is 27.5. The highest BCUT2D eigenvalue weighted by Gasteiger charge is 2.31. The molecule has 33 aromatic rings. The third kappa shape index (κ3) is 12.4. The Morgan fingerprint density at radius 1 is 0.158 bits per heavy atom. The molecule has 0 aliphatic rings. The number of hydrogen-bond acceptors (Lipinski definition) is 9. The topological polar surface area (TPSA) is 92.1 Å². The van der Waals surface area contributed by atoms with Gasteiger partial charge in [0.15, 0.2) is 0 Å². The van der Waals surface area contributed by atoms with Crippen LogP contribution >= 0.6 is 34.0 Å². The summed E-state index contributed by atoms with van der Waals surface area (Å²) < 4.78 is 14.6. The summed E-state index contributed by atoms with van der Waals surface area (Å²) in [5.41, 5.74) is 18.1. The number of aromatic nitrogens is 9. The van der Waals surface area contributed by atoms with E-state index in [1.165, 1.54) is 169 Å². The fraction of sp³-hybridized carbons (Fsp3) is 0. The van der Waals surface area contributed by atoms with Crippen molar-refractivity contribution in [2.24, 2.45) is 0 Å². The first-order valence-corrected chi connectivity index (χ1v) is 51.9. The van der Waals surface area contributed by atoms with E-state index in [0.29, 0.717) is 17.8 Å². The molecule has 9 nitrogen and oxygen atoms in total. The van der Waals surface area contributed by atoms with Crippen LogP contribution in [0.3, 0.4) is 0 Å². The summed E-state index contributed by atoms with van der Waals surface area (Å²) in [6.07, 6.45) is 0. The molecule has 0 radical (unpaired) electrons. The van der Waals surface area contributed by atoms with E-state index in [2.05, 4.69) is 481 Å². The minimum atomic E-state index is 0.677. The van der Waals surface area contributed by atoms with Crippen molar-refractivity contribution in [3.05, 3.63) is 467 Å². The summed E-state index contributed by atoms with van der Waals surface area (Å²) in [6, 6.07) is 168. The molecule has 9 heterocycles. The molecule has 9 aromatic heterocycles. The van der Waals surface area contributed by atoms with Crippen LogP contribution in [-0.2, 0) is 0 Å². The summed E-state index contributed by atoms with van der Waals surface area (Å²) in [5.74, 6) is 2.04. The van der Waals surface area contributed by atoms with Gasteiger partial charge < -0.3 is 0 Å². The predicted molar refractivity (Wildman–Crippen MR) is 622 cm³/mol. The number of thiophene rings is 3. The minimum Gasteiger partial charge on any atom is -0.276 e. The number of benzene rings is 24. The van der Waals surface area contributed by atoms with Gasteiger partial charge in [-0.15, -0.1) is 34.0 Å². The van der Waals surface area contributed by atoms with E-state index in [1.54, 1.807) is 0 Å². The molecule has 0 N–H and O–H groups in total. The quantitative estimate of drug-likeness (QED) is 0.148. The van der Waals surface area contributed by atoms with Crippen molar-refractivity contribution < 1.29 is 0 Å². The Kier molecular flexibility index (Phi) is 18.3. The molecule has 146 heavy (non-hydrogen) atoms. The van der Waals surface area contributed by atoms with Crippen LogP contribution in [-0.4, -0.2) is 43.6 Å². The third-order valence-electron chi connectivity index (χ3n) is 30.1. The van der Waals surface area contributed by atoms with Crippen molar-refractivity contribution >= 4 is 279 Å². The normalized spacial score (nSPS) is 12.1. The molecule has 0 saturated heterocycles. The number of para-hydroxylation sites is 3. The van der Waals surface area contributed by atoms with Crippen LogP contribution in [0.15, 0.2) is 467 Å². The molecule has 0 unspecified atom stereocenters. The van der Waals surface area contributed by atoms with Gasteiger partial charge in [0.2, 0.25) is 17.8 Å². The van der Waals surface area contributed by atoms with Crippen LogP contribution in [0.1, 0.15) is 0 Å². The van der Waals surface area contributed by atoms with Crippen molar-refractivity contribution in [2.45, 2.75) is 0 Å². The maximum atomic E-state index is 5.57. The van der Waals surface area contributed by atoms with Crippen LogP contribution in [0.5, 0.6) is 0 Å². The second kappa shape index (κ2) is 32.5. The van der Waals surface area contributed by atoms with Crippen molar-refractivity contribution in [2.75, 3.05) is 0 Å². The molecule has 676 valence electrons. The van der Waals surface area contributed by atoms with E-state index in [9.17, 15) is 0 Å². The molecule has 0 atom stereocenters. The van der Waals surface area contributed by atoms with Crippen LogP contribution < -0.4 is 0 Å². The van der Waals surface area contributed by atoms with E-state index < -0.39 is 0 Å². The Labute approximate surface area is 845 Å². The summed E-state index contributed by atoms with van der Waals surface area (Å²) in [7, 11) is 0. The Hall–Kier alpha value is -18.6. The Balaban J connectivity index is 0.0000000995. The Morgan fingerprint density at radius 3 is 0.842 bits per heavy atom. The zero-order valence-corrected chi connectivity index (χ0v) is 80.7. The minimum absolute atomic E-state index is 0.677. The summed E-state index contributed by atoms with van der Waals surface area (Å²) in [5, 5.41) is 37.4. The summed E-state index contributed by atoms with van der Waals surface area (Å²) >= 11 is 5.58. The zero-order valence-electron chi connectivity index (χ0n) is 78.2. The molecular formula is C134H77N9S3. The Bertz CT molecular complexity index is 11400. The van der Waals surface area contributed by atoms with E-state index in [-0.39, 0.29) is 0 Å². The monoisotopic (exact) mass is 1910 g/mol. The van der Waals surface area contributed by atoms with E-state index in [0.717, 1.165) is 121 Å². The Morgan fingerprint density at radius 2 is 0.432 bits per heavy atom. The number of hydrogen-bond donors (Lipinski definition) is 0. The standard InChI is InChI=1S/C46H27N3S.2C44H25N3S/c1-2-12-28(13-3-1)29-22-24-31(25-23-29)42-37-27-26-30-14-4-5-15-32(30)43(37)48-46(47-42)49-38-20-10-8-18-35(38)40-33-16-6-7-17-34(33)41-36-19-9-11-21-39(36)50-45(41)44(40)49;1-3-15-28-26(12-1)14-11-21-32(28)41-35-25-24-27-13-2-4-16-29(27)40(35)45-44(46-41)47-36-22-9-7-19-33(36)38-30-17-5-6-18-31(30)39-34-20-8-10-23-37(34)48-43(39)42(38)47;1-2-13-28-25-29(22-21-26(28)11-1)40-35-24-23-27-12-3-4-14-30(27)41(35)46-44(45-40)47-36-19-9-7-17-33(36)38-31-15-5-6-16-32(31)39-34-18-8-10-20-37(34)48-43(39)42(38)47/h1-27H;2*1-25H. The van der Waals surface area contributed by atoms with Crippen LogP contribution in [0.4, 0.5) is 0 Å². The third-order valence-corrected chi connectivity index (χ3v) is 33.7. The molecule has 0 spiro atoms. The van der Waals surface area contributed by atoms with E-state index in [1.807, 2.05) is 34.0 Å². The lowest BCUT2D eigenvalue weighted by molar-refractivity contribution is 1.02. The maximum absolute atomic E-state index is 5.57. The molecule has 33 rings (SSSR count). The smallest absolute Gasteiger partial charge is 0.235 e. The maximum Gasteiger partial charge on any atom is 0.235 e. The second-order valence-corrected chi connectivity index (χ2v) is 41.1. The zero-order chi connectivity index (χ0) is 95.5. The second-order valence-electron chi connectivity index (χ2n) is 38.0. The lowest BCUT2D eigenvalue weighted by atomic mass is 9.98. The number of nitrogens with zero attached hydrogens (tertiary/aromatic N) is 9. The first-order valence-electron chi connectivity index (χ1n) is 49.4. The van der Waals surface area contributed by atoms with Crippen LogP contribution in [0.25, 0.3) is 308 Å². The highest BCUT2D eigenvalue weighted by molar-refractivity contribution is 7.28. The molecule has 0 amide bonds. The fourth-order valence-electron chi connectivity index (χ4n) is 23.7. The number of fused-ring (bicyclic) bond motifs is 41. The molecule has 0 fully saturated rings. The van der Waals surface area contributed by atoms with Gasteiger partial charge in [-0.05, 0) is 142 Å². The largest absolute Gasteiger partial charge is 0.276 e. The average Bonchev–Trinajstić information content (AvgIpc) is 1.54. The first-order chi connectivity index (χ1) is 72.5. The van der Waals surface area contributed by atoms with Gasteiger partial charge in [0, 0.05) is 128 Å². The first kappa shape index (κ1) is 82.2. The van der Waals surface area contributed by atoms with Crippen molar-refractivity contribution in [3.63, 3.8) is 0 Å². The SMILES string of the molecule is c1ccc(-c2ccc(-c3nc(-n4c5ccccc5c5c6ccccc6c6c7ccccc7sc6c54)nc4c3ccc3ccccc34)cc2)cc1.c1ccc2c(-c3nc(-n4c5ccccc5c5c6ccccc6c6c7ccccc7sc6c54)nc4c3ccc3ccccc34)cccc2c1.c1ccc2cc(-c3nc(-n4c5ccccc5c5c6ccccc6c6c7ccccc7sc6c54)nc4c3ccc3ccccc34)ccc2c1. The molecule has 24 aromatic carbocycles. The molecule has 0 saturated carbocycles. The lowest BCUT2D eigenvalue weighted by Crippen LogP contribution is -2.04. The van der Waals surface area contributed by atoms with Gasteiger partial charge in [-0.2, -0.15) is 0 Å². The summed E-state index contributed by atoms with van der Waals surface area (Å²) in [4.78, 5) is 33.1. The molecular weight excluding hydrogens is 1830 g/mol. The number of rotatable bonds is 7. The van der Waals surface area contributed by atoms with Crippen molar-refractivity contribution in [3.8, 4) is 62.7 Å².